The predicted molar refractivity (Wildman–Crippen MR) is 77.2 cm³/mol. The van der Waals surface area contributed by atoms with E-state index in [9.17, 15) is 0 Å². The third-order valence-corrected chi connectivity index (χ3v) is 3.23. The predicted octanol–water partition coefficient (Wildman–Crippen LogP) is 3.25. The van der Waals surface area contributed by atoms with Gasteiger partial charge in [0, 0.05) is 18.7 Å². The van der Waals surface area contributed by atoms with Crippen molar-refractivity contribution in [3.8, 4) is 5.88 Å². The Morgan fingerprint density at radius 3 is 2.68 bits per heavy atom. The van der Waals surface area contributed by atoms with Gasteiger partial charge in [0.05, 0.1) is 12.8 Å². The summed E-state index contributed by atoms with van der Waals surface area (Å²) in [5.41, 5.74) is 3.62. The maximum Gasteiger partial charge on any atom is 0.213 e. The van der Waals surface area contributed by atoms with Gasteiger partial charge in [-0.05, 0) is 31.0 Å². The molecule has 1 atom stereocenters. The molecule has 2 rings (SSSR count). The molecular weight excluding hydrogens is 236 g/mol. The molecule has 1 heterocycles. The van der Waals surface area contributed by atoms with Crippen LogP contribution in [0.5, 0.6) is 5.88 Å². The van der Waals surface area contributed by atoms with Crippen molar-refractivity contribution < 1.29 is 4.74 Å². The first-order valence-corrected chi connectivity index (χ1v) is 6.49. The summed E-state index contributed by atoms with van der Waals surface area (Å²) in [4.78, 5) is 4.39. The zero-order valence-electron chi connectivity index (χ0n) is 11.7. The Balaban J connectivity index is 2.00. The standard InChI is InChI=1S/C16H20N2O/c1-12-7-4-5-9-15(12)13(2)17-11-14-8-6-10-16(18-14)19-3/h4-10,13,17H,11H2,1-3H3/t13-/m1/s1. The number of nitrogens with one attached hydrogen (secondary N) is 1. The quantitative estimate of drug-likeness (QED) is 0.891. The lowest BCUT2D eigenvalue weighted by atomic mass is 10.0. The molecule has 1 N–H and O–H groups in total. The molecule has 0 fully saturated rings. The van der Waals surface area contributed by atoms with Gasteiger partial charge in [-0.2, -0.15) is 0 Å². The first-order chi connectivity index (χ1) is 9.20. The molecule has 0 aliphatic carbocycles. The van der Waals surface area contributed by atoms with Crippen LogP contribution >= 0.6 is 0 Å². The Morgan fingerprint density at radius 2 is 1.95 bits per heavy atom. The summed E-state index contributed by atoms with van der Waals surface area (Å²) in [5.74, 6) is 0.655. The molecule has 0 amide bonds. The minimum atomic E-state index is 0.300. The number of ether oxygens (including phenoxy) is 1. The van der Waals surface area contributed by atoms with E-state index in [1.807, 2.05) is 18.2 Å². The Hall–Kier alpha value is -1.87. The number of benzene rings is 1. The van der Waals surface area contributed by atoms with Crippen molar-refractivity contribution in [1.82, 2.24) is 10.3 Å². The van der Waals surface area contributed by atoms with Gasteiger partial charge < -0.3 is 10.1 Å². The Morgan fingerprint density at radius 1 is 1.16 bits per heavy atom. The van der Waals surface area contributed by atoms with Crippen molar-refractivity contribution in [2.45, 2.75) is 26.4 Å². The summed E-state index contributed by atoms with van der Waals surface area (Å²) in [7, 11) is 1.63. The fourth-order valence-electron chi connectivity index (χ4n) is 2.11. The van der Waals surface area contributed by atoms with Crippen molar-refractivity contribution in [2.75, 3.05) is 7.11 Å². The van der Waals surface area contributed by atoms with Gasteiger partial charge >= 0.3 is 0 Å². The number of nitrogens with zero attached hydrogens (tertiary/aromatic N) is 1. The fraction of sp³-hybridized carbons (Fsp3) is 0.312. The maximum atomic E-state index is 5.13. The van der Waals surface area contributed by atoms with E-state index in [1.165, 1.54) is 11.1 Å². The van der Waals surface area contributed by atoms with Gasteiger partial charge in [0.15, 0.2) is 0 Å². The second kappa shape index (κ2) is 6.34. The zero-order chi connectivity index (χ0) is 13.7. The summed E-state index contributed by atoms with van der Waals surface area (Å²) in [6.45, 7) is 5.03. The number of methoxy groups -OCH3 is 1. The second-order valence-electron chi connectivity index (χ2n) is 4.63. The highest BCUT2D eigenvalue weighted by atomic mass is 16.5. The van der Waals surface area contributed by atoms with Crippen LogP contribution < -0.4 is 10.1 Å². The molecule has 0 aliphatic heterocycles. The number of rotatable bonds is 5. The minimum absolute atomic E-state index is 0.300. The van der Waals surface area contributed by atoms with E-state index < -0.39 is 0 Å². The summed E-state index contributed by atoms with van der Waals surface area (Å²) in [6.07, 6.45) is 0. The van der Waals surface area contributed by atoms with Crippen molar-refractivity contribution in [2.24, 2.45) is 0 Å². The van der Waals surface area contributed by atoms with Crippen LogP contribution in [0.1, 0.15) is 29.8 Å². The molecule has 0 saturated carbocycles. The molecule has 0 saturated heterocycles. The Labute approximate surface area is 114 Å². The highest BCUT2D eigenvalue weighted by Crippen LogP contribution is 2.17. The summed E-state index contributed by atoms with van der Waals surface area (Å²) in [5, 5.41) is 3.49. The molecule has 100 valence electrons. The van der Waals surface area contributed by atoms with Gasteiger partial charge in [-0.3, -0.25) is 0 Å². The normalized spacial score (nSPS) is 12.2. The van der Waals surface area contributed by atoms with E-state index in [0.29, 0.717) is 11.9 Å². The third kappa shape index (κ3) is 3.55. The van der Waals surface area contributed by atoms with Gasteiger partial charge in [-0.25, -0.2) is 4.98 Å². The summed E-state index contributed by atoms with van der Waals surface area (Å²) in [6, 6.07) is 14.5. The first kappa shape index (κ1) is 13.6. The Kier molecular flexibility index (Phi) is 4.53. The van der Waals surface area contributed by atoms with Gasteiger partial charge in [0.25, 0.3) is 0 Å². The second-order valence-corrected chi connectivity index (χ2v) is 4.63. The maximum absolute atomic E-state index is 5.13. The smallest absolute Gasteiger partial charge is 0.213 e. The van der Waals surface area contributed by atoms with E-state index in [0.717, 1.165) is 12.2 Å². The molecule has 2 aromatic rings. The third-order valence-electron chi connectivity index (χ3n) is 3.23. The van der Waals surface area contributed by atoms with E-state index in [-0.39, 0.29) is 0 Å². The monoisotopic (exact) mass is 256 g/mol. The number of pyridine rings is 1. The van der Waals surface area contributed by atoms with Crippen LogP contribution in [0.3, 0.4) is 0 Å². The van der Waals surface area contributed by atoms with E-state index in [4.69, 9.17) is 4.74 Å². The molecule has 3 heteroatoms. The van der Waals surface area contributed by atoms with Crippen molar-refractivity contribution in [1.29, 1.82) is 0 Å². The minimum Gasteiger partial charge on any atom is -0.481 e. The van der Waals surface area contributed by atoms with E-state index in [2.05, 4.69) is 48.4 Å². The molecule has 0 bridgehead atoms. The summed E-state index contributed by atoms with van der Waals surface area (Å²) < 4.78 is 5.13. The Bertz CT molecular complexity index is 540. The number of aryl methyl sites for hydroxylation is 1. The topological polar surface area (TPSA) is 34.1 Å². The van der Waals surface area contributed by atoms with E-state index >= 15 is 0 Å². The molecule has 0 unspecified atom stereocenters. The van der Waals surface area contributed by atoms with E-state index in [1.54, 1.807) is 7.11 Å². The van der Waals surface area contributed by atoms with Crippen LogP contribution in [0.25, 0.3) is 0 Å². The first-order valence-electron chi connectivity index (χ1n) is 6.49. The lowest BCUT2D eigenvalue weighted by molar-refractivity contribution is 0.395. The largest absolute Gasteiger partial charge is 0.481 e. The van der Waals surface area contributed by atoms with Crippen LogP contribution in [0.4, 0.5) is 0 Å². The summed E-state index contributed by atoms with van der Waals surface area (Å²) >= 11 is 0. The molecule has 1 aromatic carbocycles. The van der Waals surface area contributed by atoms with Crippen molar-refractivity contribution in [3.63, 3.8) is 0 Å². The average Bonchev–Trinajstić information content (AvgIpc) is 2.45. The number of hydrogen-bond acceptors (Lipinski definition) is 3. The zero-order valence-corrected chi connectivity index (χ0v) is 11.7. The van der Waals surface area contributed by atoms with Gasteiger partial charge in [0.1, 0.15) is 0 Å². The SMILES string of the molecule is COc1cccc(CN[C@H](C)c2ccccc2C)n1. The average molecular weight is 256 g/mol. The number of hydrogen-bond donors (Lipinski definition) is 1. The van der Waals surface area contributed by atoms with Crippen molar-refractivity contribution in [3.05, 3.63) is 59.3 Å². The van der Waals surface area contributed by atoms with Crippen LogP contribution in [-0.4, -0.2) is 12.1 Å². The molecule has 0 spiro atoms. The lowest BCUT2D eigenvalue weighted by Gasteiger charge is -2.16. The molecule has 1 aromatic heterocycles. The highest BCUT2D eigenvalue weighted by Gasteiger charge is 2.07. The fourth-order valence-corrected chi connectivity index (χ4v) is 2.11. The van der Waals surface area contributed by atoms with Crippen LogP contribution in [-0.2, 0) is 6.54 Å². The van der Waals surface area contributed by atoms with Crippen LogP contribution in [0.2, 0.25) is 0 Å². The van der Waals surface area contributed by atoms with Gasteiger partial charge in [0.2, 0.25) is 5.88 Å². The molecule has 19 heavy (non-hydrogen) atoms. The molecular formula is C16H20N2O. The number of aromatic nitrogens is 1. The molecule has 0 radical (unpaired) electrons. The van der Waals surface area contributed by atoms with Gasteiger partial charge in [-0.1, -0.05) is 30.3 Å². The van der Waals surface area contributed by atoms with Crippen LogP contribution in [0.15, 0.2) is 42.5 Å². The highest BCUT2D eigenvalue weighted by molar-refractivity contribution is 5.28. The lowest BCUT2D eigenvalue weighted by Crippen LogP contribution is -2.19. The molecule has 3 nitrogen and oxygen atoms in total. The van der Waals surface area contributed by atoms with Crippen LogP contribution in [0, 0.1) is 6.92 Å². The van der Waals surface area contributed by atoms with Gasteiger partial charge in [-0.15, -0.1) is 0 Å². The van der Waals surface area contributed by atoms with Crippen molar-refractivity contribution >= 4 is 0 Å². The molecule has 0 aliphatic rings.